The molecule has 1 heteroatoms. The molecule has 0 nitrogen and oxygen atoms in total. The van der Waals surface area contributed by atoms with Crippen LogP contribution in [-0.4, -0.2) is 0 Å². The molecule has 0 saturated heterocycles. The molecule has 1 aliphatic rings. The predicted octanol–water partition coefficient (Wildman–Crippen LogP) is 1.96. The summed E-state index contributed by atoms with van der Waals surface area (Å²) in [5.41, 5.74) is 0. The Morgan fingerprint density at radius 2 is 2.57 bits per heavy atom. The van der Waals surface area contributed by atoms with E-state index in [1.54, 1.807) is 4.47 Å². The second-order valence-corrected chi connectivity index (χ2v) is 2.78. The van der Waals surface area contributed by atoms with E-state index < -0.39 is 0 Å². The van der Waals surface area contributed by atoms with Crippen LogP contribution in [0.4, 0.5) is 0 Å². The molecular weight excluding hydrogens is 127 g/mol. The van der Waals surface area contributed by atoms with E-state index in [1.807, 2.05) is 0 Å². The Bertz CT molecular complexity index is 111. The Balaban J connectivity index is 2.45. The van der Waals surface area contributed by atoms with Gasteiger partial charge in [-0.1, -0.05) is 0 Å². The van der Waals surface area contributed by atoms with E-state index in [0.29, 0.717) is 0 Å². The minimum absolute atomic E-state index is 0.984. The zero-order valence-corrected chi connectivity index (χ0v) is 5.50. The van der Waals surface area contributed by atoms with Gasteiger partial charge in [0.25, 0.3) is 0 Å². The van der Waals surface area contributed by atoms with Crippen LogP contribution in [0, 0.1) is 0 Å². The van der Waals surface area contributed by atoms with Crippen molar-refractivity contribution in [2.75, 3.05) is 0 Å². The summed E-state index contributed by atoms with van der Waals surface area (Å²) in [6, 6.07) is 0. The number of rotatable bonds is 1. The van der Waals surface area contributed by atoms with Gasteiger partial charge in [-0.3, -0.25) is 0 Å². The average Bonchev–Trinajstić information content (AvgIpc) is 2.14. The van der Waals surface area contributed by atoms with Gasteiger partial charge < -0.3 is 0 Å². The van der Waals surface area contributed by atoms with E-state index in [1.165, 1.54) is 6.42 Å². The molecule has 39 valence electrons. The molecule has 0 N–H and O–H groups in total. The van der Waals surface area contributed by atoms with Gasteiger partial charge in [0.2, 0.25) is 0 Å². The maximum atomic E-state index is 2.22. The zero-order chi connectivity index (χ0) is 5.11. The van der Waals surface area contributed by atoms with Gasteiger partial charge >= 0.3 is 49.9 Å². The van der Waals surface area contributed by atoms with Crippen LogP contribution >= 0.6 is 0 Å². The number of allylic oxidation sites excluding steroid dienone is 4. The molecule has 0 saturated carbocycles. The molecule has 0 fully saturated rings. The molecule has 1 rings (SSSR count). The molecule has 0 aromatic heterocycles. The van der Waals surface area contributed by atoms with Gasteiger partial charge in [0, 0.05) is 0 Å². The molecular formula is C6H8Mn. The van der Waals surface area contributed by atoms with E-state index in [-0.39, 0.29) is 0 Å². The van der Waals surface area contributed by atoms with Crippen molar-refractivity contribution in [1.29, 1.82) is 0 Å². The van der Waals surface area contributed by atoms with Crippen molar-refractivity contribution in [1.82, 2.24) is 0 Å². The summed E-state index contributed by atoms with van der Waals surface area (Å²) in [5.74, 6) is 2.22. The van der Waals surface area contributed by atoms with Crippen LogP contribution in [0.1, 0.15) is 6.42 Å². The van der Waals surface area contributed by atoms with Crippen molar-refractivity contribution in [2.24, 2.45) is 0 Å². The van der Waals surface area contributed by atoms with Gasteiger partial charge in [-0.2, -0.15) is 0 Å². The quantitative estimate of drug-likeness (QED) is 0.482. The van der Waals surface area contributed by atoms with Crippen molar-refractivity contribution in [2.45, 2.75) is 12.2 Å². The number of hydrogen-bond donors (Lipinski definition) is 0. The molecule has 0 heterocycles. The number of hydrogen-bond acceptors (Lipinski definition) is 0. The Morgan fingerprint density at radius 1 is 1.71 bits per heavy atom. The van der Waals surface area contributed by atoms with E-state index >= 15 is 0 Å². The summed E-state index contributed by atoms with van der Waals surface area (Å²) < 4.78 is 1.59. The predicted molar refractivity (Wildman–Crippen MR) is 27.7 cm³/mol. The molecule has 0 unspecified atom stereocenters. The fraction of sp³-hybridized carbons (Fsp3) is 0.333. The van der Waals surface area contributed by atoms with Gasteiger partial charge in [-0.15, -0.1) is 0 Å². The van der Waals surface area contributed by atoms with Gasteiger partial charge in [0.1, 0.15) is 0 Å². The van der Waals surface area contributed by atoms with Crippen LogP contribution in [-0.2, 0) is 15.0 Å². The Hall–Kier alpha value is -0.000519. The third-order valence-electron chi connectivity index (χ3n) is 0.969. The zero-order valence-electron chi connectivity index (χ0n) is 4.32. The SMILES string of the molecule is [CH3][Mn][C]1=CC=CC1. The van der Waals surface area contributed by atoms with E-state index in [9.17, 15) is 0 Å². The van der Waals surface area contributed by atoms with Crippen LogP contribution in [0.5, 0.6) is 0 Å². The summed E-state index contributed by atoms with van der Waals surface area (Å²) >= 11 is 0.984. The summed E-state index contributed by atoms with van der Waals surface area (Å²) in [7, 11) is 0. The monoisotopic (exact) mass is 135 g/mol. The van der Waals surface area contributed by atoms with Crippen LogP contribution in [0.15, 0.2) is 22.7 Å². The summed E-state index contributed by atoms with van der Waals surface area (Å²) in [5, 5.41) is 0. The summed E-state index contributed by atoms with van der Waals surface area (Å²) in [6.45, 7) is 0. The van der Waals surface area contributed by atoms with Gasteiger partial charge in [-0.25, -0.2) is 0 Å². The normalized spacial score (nSPS) is 17.6. The van der Waals surface area contributed by atoms with Crippen LogP contribution in [0.25, 0.3) is 0 Å². The topological polar surface area (TPSA) is 0 Å². The van der Waals surface area contributed by atoms with Crippen molar-refractivity contribution < 1.29 is 15.0 Å². The molecule has 0 aliphatic heterocycles. The first-order valence-corrected chi connectivity index (χ1v) is 4.05. The first kappa shape index (κ1) is 5.14. The average molecular weight is 135 g/mol. The molecule has 0 aromatic rings. The van der Waals surface area contributed by atoms with Gasteiger partial charge in [0.15, 0.2) is 0 Å². The molecule has 0 aromatic carbocycles. The molecule has 0 bridgehead atoms. The van der Waals surface area contributed by atoms with Crippen LogP contribution in [0.3, 0.4) is 0 Å². The van der Waals surface area contributed by atoms with Crippen molar-refractivity contribution in [3.63, 3.8) is 0 Å². The Kier molecular flexibility index (Phi) is 1.72. The second-order valence-electron chi connectivity index (χ2n) is 1.43. The molecule has 1 aliphatic carbocycles. The van der Waals surface area contributed by atoms with E-state index in [0.717, 1.165) is 15.0 Å². The summed E-state index contributed by atoms with van der Waals surface area (Å²) in [4.78, 5) is 0. The van der Waals surface area contributed by atoms with Crippen LogP contribution < -0.4 is 0 Å². The summed E-state index contributed by atoms with van der Waals surface area (Å²) in [6.07, 6.45) is 7.75. The maximum absolute atomic E-state index is 2.22. The molecule has 7 heavy (non-hydrogen) atoms. The first-order valence-electron chi connectivity index (χ1n) is 2.28. The fourth-order valence-corrected chi connectivity index (χ4v) is 1.25. The molecule has 0 amide bonds. The Morgan fingerprint density at radius 3 is 2.86 bits per heavy atom. The van der Waals surface area contributed by atoms with Crippen molar-refractivity contribution >= 4 is 0 Å². The molecule has 0 radical (unpaired) electrons. The third-order valence-corrected chi connectivity index (χ3v) is 2.16. The van der Waals surface area contributed by atoms with E-state index in [4.69, 9.17) is 0 Å². The third kappa shape index (κ3) is 1.18. The van der Waals surface area contributed by atoms with E-state index in [2.05, 4.69) is 24.1 Å². The Labute approximate surface area is 50.5 Å². The van der Waals surface area contributed by atoms with Gasteiger partial charge in [-0.05, 0) is 0 Å². The van der Waals surface area contributed by atoms with Crippen molar-refractivity contribution in [3.8, 4) is 0 Å². The standard InChI is InChI=1S/C5H5.CH3.Mn/c1-2-4-5-3-1;;/h1-3H,4H2;1H3;. The molecule has 0 spiro atoms. The van der Waals surface area contributed by atoms with Crippen LogP contribution in [0.2, 0.25) is 5.82 Å². The minimum atomic E-state index is 0.984. The molecule has 0 atom stereocenters. The van der Waals surface area contributed by atoms with Crippen molar-refractivity contribution in [3.05, 3.63) is 22.7 Å². The van der Waals surface area contributed by atoms with Gasteiger partial charge in [0.05, 0.1) is 0 Å². The fourth-order valence-electron chi connectivity index (χ4n) is 0.561. The first-order chi connectivity index (χ1) is 3.43. The second kappa shape index (κ2) is 2.34.